The van der Waals surface area contributed by atoms with Crippen LogP contribution >= 0.6 is 0 Å². The topological polar surface area (TPSA) is 49.5 Å². The Morgan fingerprint density at radius 3 is 2.50 bits per heavy atom. The molecule has 3 nitrogen and oxygen atoms in total. The zero-order chi connectivity index (χ0) is 12.6. The second-order valence-corrected chi connectivity index (χ2v) is 6.81. The molecule has 0 aromatic rings. The van der Waals surface area contributed by atoms with E-state index in [4.69, 9.17) is 5.73 Å². The molecule has 1 aliphatic heterocycles. The number of likely N-dealkylation sites (tertiary alicyclic amines) is 1. The van der Waals surface area contributed by atoms with Crippen LogP contribution in [-0.2, 0) is 0 Å². The minimum absolute atomic E-state index is 0.436. The molecule has 3 rings (SSSR count). The molecule has 3 heteroatoms. The third-order valence-electron chi connectivity index (χ3n) is 5.53. The van der Waals surface area contributed by atoms with Gasteiger partial charge in [-0.05, 0) is 56.9 Å². The average molecular weight is 252 g/mol. The minimum Gasteiger partial charge on any atom is -0.387 e. The van der Waals surface area contributed by atoms with Crippen LogP contribution in [0, 0.1) is 11.8 Å². The van der Waals surface area contributed by atoms with Crippen molar-refractivity contribution in [2.45, 2.75) is 63.0 Å². The molecule has 3 fully saturated rings. The highest BCUT2D eigenvalue weighted by Crippen LogP contribution is 2.42. The first-order valence-corrected chi connectivity index (χ1v) is 7.89. The zero-order valence-electron chi connectivity index (χ0n) is 11.5. The summed E-state index contributed by atoms with van der Waals surface area (Å²) in [7, 11) is 0. The standard InChI is InChI=1S/C15H28N2O/c16-10-15(18,13-7-8-13)11-17-9-3-5-12-4-1-2-6-14(12)17/h12-14,18H,1-11,16H2. The molecular formula is C15H28N2O. The lowest BCUT2D eigenvalue weighted by Crippen LogP contribution is -2.56. The Morgan fingerprint density at radius 1 is 1.06 bits per heavy atom. The van der Waals surface area contributed by atoms with Crippen molar-refractivity contribution in [3.8, 4) is 0 Å². The van der Waals surface area contributed by atoms with Gasteiger partial charge in [0.15, 0.2) is 0 Å². The van der Waals surface area contributed by atoms with Crippen LogP contribution in [0.2, 0.25) is 0 Å². The molecule has 2 saturated carbocycles. The van der Waals surface area contributed by atoms with Crippen LogP contribution in [0.4, 0.5) is 0 Å². The van der Waals surface area contributed by atoms with Crippen LogP contribution in [0.1, 0.15) is 51.4 Å². The minimum atomic E-state index is -0.598. The van der Waals surface area contributed by atoms with E-state index in [0.29, 0.717) is 12.5 Å². The Morgan fingerprint density at radius 2 is 1.78 bits per heavy atom. The van der Waals surface area contributed by atoms with Gasteiger partial charge < -0.3 is 10.8 Å². The van der Waals surface area contributed by atoms with E-state index in [-0.39, 0.29) is 0 Å². The molecule has 1 heterocycles. The summed E-state index contributed by atoms with van der Waals surface area (Å²) in [5.41, 5.74) is 5.26. The number of rotatable bonds is 4. The zero-order valence-corrected chi connectivity index (χ0v) is 11.5. The molecule has 18 heavy (non-hydrogen) atoms. The summed E-state index contributed by atoms with van der Waals surface area (Å²) in [6.45, 7) is 2.44. The molecule has 2 aliphatic carbocycles. The molecule has 104 valence electrons. The number of hydrogen-bond donors (Lipinski definition) is 2. The van der Waals surface area contributed by atoms with E-state index in [9.17, 15) is 5.11 Å². The third-order valence-corrected chi connectivity index (χ3v) is 5.53. The van der Waals surface area contributed by atoms with E-state index in [1.165, 1.54) is 57.9 Å². The maximum absolute atomic E-state index is 10.7. The molecule has 3 atom stereocenters. The quantitative estimate of drug-likeness (QED) is 0.801. The lowest BCUT2D eigenvalue weighted by atomic mass is 9.77. The highest BCUT2D eigenvalue weighted by molar-refractivity contribution is 5.00. The smallest absolute Gasteiger partial charge is 0.0923 e. The Labute approximate surface area is 111 Å². The molecule has 3 aliphatic rings. The van der Waals surface area contributed by atoms with E-state index in [1.54, 1.807) is 0 Å². The number of hydrogen-bond acceptors (Lipinski definition) is 3. The molecule has 0 spiro atoms. The number of piperidine rings is 1. The first kappa shape index (κ1) is 12.9. The summed E-state index contributed by atoms with van der Waals surface area (Å²) < 4.78 is 0. The maximum Gasteiger partial charge on any atom is 0.0923 e. The van der Waals surface area contributed by atoms with Crippen molar-refractivity contribution in [2.24, 2.45) is 17.6 Å². The molecule has 0 aromatic carbocycles. The fraction of sp³-hybridized carbons (Fsp3) is 1.00. The normalized spacial score (nSPS) is 37.0. The Kier molecular flexibility index (Phi) is 3.65. The van der Waals surface area contributed by atoms with Crippen molar-refractivity contribution in [1.29, 1.82) is 0 Å². The van der Waals surface area contributed by atoms with Gasteiger partial charge in [0.05, 0.1) is 5.60 Å². The molecule has 0 bridgehead atoms. The average Bonchev–Trinajstić information content (AvgIpc) is 3.24. The molecule has 0 aromatic heterocycles. The number of nitrogens with zero attached hydrogens (tertiary/aromatic N) is 1. The fourth-order valence-electron chi connectivity index (χ4n) is 4.26. The van der Waals surface area contributed by atoms with E-state index in [2.05, 4.69) is 4.90 Å². The van der Waals surface area contributed by atoms with Gasteiger partial charge in [0.1, 0.15) is 0 Å². The van der Waals surface area contributed by atoms with Crippen molar-refractivity contribution < 1.29 is 5.11 Å². The van der Waals surface area contributed by atoms with Gasteiger partial charge in [0.2, 0.25) is 0 Å². The third kappa shape index (κ3) is 2.45. The first-order valence-electron chi connectivity index (χ1n) is 7.89. The predicted octanol–water partition coefficient (Wildman–Crippen LogP) is 1.74. The summed E-state index contributed by atoms with van der Waals surface area (Å²) >= 11 is 0. The number of β-amino-alcohol motifs (C(OH)–C–C–N with tert-alkyl or cyclic N) is 1. The summed E-state index contributed by atoms with van der Waals surface area (Å²) in [5, 5.41) is 10.7. The SMILES string of the molecule is NCC(O)(CN1CCCC2CCCCC21)C1CC1. The predicted molar refractivity (Wildman–Crippen MR) is 73.3 cm³/mol. The molecule has 0 radical (unpaired) electrons. The van der Waals surface area contributed by atoms with Crippen LogP contribution in [0.15, 0.2) is 0 Å². The highest BCUT2D eigenvalue weighted by atomic mass is 16.3. The fourth-order valence-corrected chi connectivity index (χ4v) is 4.26. The van der Waals surface area contributed by atoms with Crippen molar-refractivity contribution >= 4 is 0 Å². The van der Waals surface area contributed by atoms with E-state index < -0.39 is 5.60 Å². The van der Waals surface area contributed by atoms with Crippen LogP contribution in [-0.4, -0.2) is 41.3 Å². The van der Waals surface area contributed by atoms with Crippen molar-refractivity contribution in [1.82, 2.24) is 4.90 Å². The summed E-state index contributed by atoms with van der Waals surface area (Å²) in [6.07, 6.45) is 10.6. The van der Waals surface area contributed by atoms with Crippen molar-refractivity contribution in [3.05, 3.63) is 0 Å². The monoisotopic (exact) mass is 252 g/mol. The van der Waals surface area contributed by atoms with Gasteiger partial charge in [0, 0.05) is 19.1 Å². The van der Waals surface area contributed by atoms with Crippen LogP contribution in [0.3, 0.4) is 0 Å². The van der Waals surface area contributed by atoms with Crippen molar-refractivity contribution in [3.63, 3.8) is 0 Å². The number of fused-ring (bicyclic) bond motifs is 1. The van der Waals surface area contributed by atoms with Gasteiger partial charge in [-0.25, -0.2) is 0 Å². The molecule has 3 N–H and O–H groups in total. The van der Waals surface area contributed by atoms with Gasteiger partial charge in [0.25, 0.3) is 0 Å². The van der Waals surface area contributed by atoms with Crippen molar-refractivity contribution in [2.75, 3.05) is 19.6 Å². The van der Waals surface area contributed by atoms with Crippen LogP contribution in [0.5, 0.6) is 0 Å². The number of nitrogens with two attached hydrogens (primary N) is 1. The Bertz CT molecular complexity index is 290. The molecular weight excluding hydrogens is 224 g/mol. The highest BCUT2D eigenvalue weighted by Gasteiger charge is 2.45. The lowest BCUT2D eigenvalue weighted by Gasteiger charge is -2.47. The van der Waals surface area contributed by atoms with Gasteiger partial charge >= 0.3 is 0 Å². The summed E-state index contributed by atoms with van der Waals surface area (Å²) in [4.78, 5) is 2.58. The second-order valence-electron chi connectivity index (χ2n) is 6.81. The second kappa shape index (κ2) is 5.10. The molecule has 1 saturated heterocycles. The first-order chi connectivity index (χ1) is 8.73. The lowest BCUT2D eigenvalue weighted by molar-refractivity contribution is -0.0447. The van der Waals surface area contributed by atoms with E-state index in [0.717, 1.165) is 18.5 Å². The van der Waals surface area contributed by atoms with Gasteiger partial charge in [-0.1, -0.05) is 12.8 Å². The van der Waals surface area contributed by atoms with Crippen LogP contribution in [0.25, 0.3) is 0 Å². The van der Waals surface area contributed by atoms with Gasteiger partial charge in [-0.15, -0.1) is 0 Å². The molecule has 0 amide bonds. The maximum atomic E-state index is 10.7. The summed E-state index contributed by atoms with van der Waals surface area (Å²) in [6, 6.07) is 0.740. The largest absolute Gasteiger partial charge is 0.387 e. The molecule has 3 unspecified atom stereocenters. The summed E-state index contributed by atoms with van der Waals surface area (Å²) in [5.74, 6) is 1.38. The van der Waals surface area contributed by atoms with E-state index >= 15 is 0 Å². The van der Waals surface area contributed by atoms with Crippen LogP contribution < -0.4 is 5.73 Å². The Hall–Kier alpha value is -0.120. The van der Waals surface area contributed by atoms with Gasteiger partial charge in [-0.3, -0.25) is 4.90 Å². The number of aliphatic hydroxyl groups is 1. The van der Waals surface area contributed by atoms with Gasteiger partial charge in [-0.2, -0.15) is 0 Å². The Balaban J connectivity index is 1.66. The van der Waals surface area contributed by atoms with E-state index in [1.807, 2.05) is 0 Å².